The molecule has 4 heteroatoms. The molecule has 0 atom stereocenters. The highest BCUT2D eigenvalue weighted by molar-refractivity contribution is 5.27. The van der Waals surface area contributed by atoms with Gasteiger partial charge in [0, 0.05) is 24.5 Å². The Morgan fingerprint density at radius 1 is 1.12 bits per heavy atom. The Labute approximate surface area is 150 Å². The second kappa shape index (κ2) is 9.11. The molecule has 0 radical (unpaired) electrons. The molecule has 1 aromatic carbocycles. The molecule has 1 saturated heterocycles. The Balaban J connectivity index is 1.50. The number of hydrogen-bond acceptors (Lipinski definition) is 3. The van der Waals surface area contributed by atoms with Gasteiger partial charge < -0.3 is 14.2 Å². The van der Waals surface area contributed by atoms with E-state index in [0.717, 1.165) is 44.5 Å². The van der Waals surface area contributed by atoms with Crippen molar-refractivity contribution in [2.24, 2.45) is 11.8 Å². The highest BCUT2D eigenvalue weighted by Gasteiger charge is 2.32. The molecule has 0 N–H and O–H groups in total. The lowest BCUT2D eigenvalue weighted by Crippen LogP contribution is -2.38. The second-order valence-corrected chi connectivity index (χ2v) is 7.59. The fraction of sp³-hybridized carbons (Fsp3) is 0.714. The van der Waals surface area contributed by atoms with Crippen LogP contribution in [-0.2, 0) is 20.8 Å². The Morgan fingerprint density at radius 3 is 2.44 bits per heavy atom. The number of benzene rings is 1. The molecule has 3 nitrogen and oxygen atoms in total. The van der Waals surface area contributed by atoms with E-state index in [9.17, 15) is 4.39 Å². The van der Waals surface area contributed by atoms with E-state index in [0.29, 0.717) is 29.9 Å². The van der Waals surface area contributed by atoms with Crippen LogP contribution >= 0.6 is 0 Å². The van der Waals surface area contributed by atoms with Crippen molar-refractivity contribution in [3.8, 4) is 0 Å². The van der Waals surface area contributed by atoms with E-state index >= 15 is 0 Å². The molecular weight excluding hydrogens is 319 g/mol. The van der Waals surface area contributed by atoms with Gasteiger partial charge in [-0.15, -0.1) is 0 Å². The van der Waals surface area contributed by atoms with Crippen LogP contribution in [-0.4, -0.2) is 26.6 Å². The van der Waals surface area contributed by atoms with Gasteiger partial charge in [0.05, 0.1) is 19.8 Å². The zero-order valence-corrected chi connectivity index (χ0v) is 15.5. The number of ether oxygens (including phenoxy) is 3. The van der Waals surface area contributed by atoms with Crippen molar-refractivity contribution in [1.29, 1.82) is 0 Å². The average Bonchev–Trinajstić information content (AvgIpc) is 2.65. The molecule has 1 heterocycles. The number of methoxy groups -OCH3 is 1. The van der Waals surface area contributed by atoms with Gasteiger partial charge in [0.1, 0.15) is 5.82 Å². The van der Waals surface area contributed by atoms with E-state index in [1.807, 2.05) is 6.07 Å². The van der Waals surface area contributed by atoms with Crippen LogP contribution < -0.4 is 0 Å². The summed E-state index contributed by atoms with van der Waals surface area (Å²) in [7, 11) is 1.59. The fourth-order valence-corrected chi connectivity index (χ4v) is 4.22. The van der Waals surface area contributed by atoms with E-state index in [1.54, 1.807) is 13.2 Å². The quantitative estimate of drug-likeness (QED) is 0.720. The zero-order valence-electron chi connectivity index (χ0n) is 15.5. The molecule has 0 unspecified atom stereocenters. The van der Waals surface area contributed by atoms with Gasteiger partial charge in [0.2, 0.25) is 0 Å². The van der Waals surface area contributed by atoms with Crippen molar-refractivity contribution in [3.05, 3.63) is 35.1 Å². The van der Waals surface area contributed by atoms with Gasteiger partial charge in [-0.3, -0.25) is 0 Å². The minimum absolute atomic E-state index is 0.0325. The molecule has 2 fully saturated rings. The van der Waals surface area contributed by atoms with Gasteiger partial charge in [-0.2, -0.15) is 0 Å². The summed E-state index contributed by atoms with van der Waals surface area (Å²) in [5, 5.41) is 0. The van der Waals surface area contributed by atoms with Gasteiger partial charge in [-0.05, 0) is 49.7 Å². The maximum absolute atomic E-state index is 14.1. The van der Waals surface area contributed by atoms with Crippen molar-refractivity contribution in [1.82, 2.24) is 0 Å². The third kappa shape index (κ3) is 4.81. The first-order valence-corrected chi connectivity index (χ1v) is 9.71. The standard InChI is InChI=1S/C21H31FO3/c1-3-4-15-12-24-21(25-13-15)17-7-5-16(6-8-17)18-9-10-19(14-23-2)20(22)11-18/h9-11,15-17,21H,3-8,12-14H2,1-2H3/t15-,16?,17?,21-. The summed E-state index contributed by atoms with van der Waals surface area (Å²) >= 11 is 0. The van der Waals surface area contributed by atoms with Crippen molar-refractivity contribution in [2.75, 3.05) is 20.3 Å². The molecular formula is C21H31FO3. The Morgan fingerprint density at radius 2 is 1.84 bits per heavy atom. The average molecular weight is 350 g/mol. The molecule has 1 saturated carbocycles. The normalized spacial score (nSPS) is 30.4. The van der Waals surface area contributed by atoms with E-state index in [-0.39, 0.29) is 12.1 Å². The SMILES string of the molecule is CCC[C@H]1CO[C@H](C2CCC(c3ccc(COC)c(F)c3)CC2)OC1. The molecule has 1 aliphatic carbocycles. The van der Waals surface area contributed by atoms with Crippen molar-refractivity contribution >= 4 is 0 Å². The van der Waals surface area contributed by atoms with Crippen LogP contribution in [0.5, 0.6) is 0 Å². The Kier molecular flexibility index (Phi) is 6.85. The van der Waals surface area contributed by atoms with E-state index in [4.69, 9.17) is 14.2 Å². The van der Waals surface area contributed by atoms with Crippen LogP contribution in [0.2, 0.25) is 0 Å². The maximum Gasteiger partial charge on any atom is 0.160 e. The van der Waals surface area contributed by atoms with Crippen LogP contribution in [0.1, 0.15) is 62.5 Å². The highest BCUT2D eigenvalue weighted by atomic mass is 19.1. The first-order chi connectivity index (χ1) is 12.2. The molecule has 140 valence electrons. The van der Waals surface area contributed by atoms with E-state index in [2.05, 4.69) is 13.0 Å². The molecule has 0 amide bonds. The third-order valence-corrected chi connectivity index (χ3v) is 5.69. The molecule has 2 aliphatic rings. The second-order valence-electron chi connectivity index (χ2n) is 7.59. The van der Waals surface area contributed by atoms with Crippen molar-refractivity contribution in [2.45, 2.75) is 64.3 Å². The summed E-state index contributed by atoms with van der Waals surface area (Å²) in [4.78, 5) is 0. The number of rotatable bonds is 6. The maximum atomic E-state index is 14.1. The lowest BCUT2D eigenvalue weighted by atomic mass is 9.78. The number of halogens is 1. The van der Waals surface area contributed by atoms with Crippen LogP contribution in [0.15, 0.2) is 18.2 Å². The van der Waals surface area contributed by atoms with Gasteiger partial charge in [0.15, 0.2) is 6.29 Å². The summed E-state index contributed by atoms with van der Waals surface area (Å²) in [5.74, 6) is 1.34. The van der Waals surface area contributed by atoms with Gasteiger partial charge in [-0.1, -0.05) is 25.5 Å². The summed E-state index contributed by atoms with van der Waals surface area (Å²) in [6.07, 6.45) is 6.68. The minimum atomic E-state index is -0.151. The van der Waals surface area contributed by atoms with E-state index < -0.39 is 0 Å². The van der Waals surface area contributed by atoms with Crippen molar-refractivity contribution in [3.63, 3.8) is 0 Å². The van der Waals surface area contributed by atoms with Gasteiger partial charge in [-0.25, -0.2) is 4.39 Å². The molecule has 1 aliphatic heterocycles. The first kappa shape index (κ1) is 18.8. The van der Waals surface area contributed by atoms with Crippen LogP contribution in [0.25, 0.3) is 0 Å². The first-order valence-electron chi connectivity index (χ1n) is 9.71. The largest absolute Gasteiger partial charge is 0.380 e. The molecule has 0 aromatic heterocycles. The summed E-state index contributed by atoms with van der Waals surface area (Å²) < 4.78 is 31.1. The highest BCUT2D eigenvalue weighted by Crippen LogP contribution is 2.39. The Hall–Kier alpha value is -0.970. The minimum Gasteiger partial charge on any atom is -0.380 e. The van der Waals surface area contributed by atoms with Gasteiger partial charge >= 0.3 is 0 Å². The molecule has 0 spiro atoms. The van der Waals surface area contributed by atoms with Crippen LogP contribution in [0.4, 0.5) is 4.39 Å². The van der Waals surface area contributed by atoms with Gasteiger partial charge in [0.25, 0.3) is 0 Å². The summed E-state index contributed by atoms with van der Waals surface area (Å²) in [6.45, 7) is 4.21. The topological polar surface area (TPSA) is 27.7 Å². The smallest absolute Gasteiger partial charge is 0.160 e. The van der Waals surface area contributed by atoms with Crippen LogP contribution in [0, 0.1) is 17.7 Å². The molecule has 0 bridgehead atoms. The monoisotopic (exact) mass is 350 g/mol. The lowest BCUT2D eigenvalue weighted by molar-refractivity contribution is -0.229. The third-order valence-electron chi connectivity index (χ3n) is 5.69. The predicted molar refractivity (Wildman–Crippen MR) is 95.9 cm³/mol. The molecule has 1 aromatic rings. The van der Waals surface area contributed by atoms with E-state index in [1.165, 1.54) is 12.8 Å². The molecule has 3 rings (SSSR count). The summed E-state index contributed by atoms with van der Waals surface area (Å²) in [6, 6.07) is 5.62. The van der Waals surface area contributed by atoms with Crippen LogP contribution in [0.3, 0.4) is 0 Å². The van der Waals surface area contributed by atoms with Crippen molar-refractivity contribution < 1.29 is 18.6 Å². The molecule has 25 heavy (non-hydrogen) atoms. The fourth-order valence-electron chi connectivity index (χ4n) is 4.22. The zero-order chi connectivity index (χ0) is 17.6. The predicted octanol–water partition coefficient (Wildman–Crippen LogP) is 5.04. The summed E-state index contributed by atoms with van der Waals surface area (Å²) in [5.41, 5.74) is 1.75. The number of hydrogen-bond donors (Lipinski definition) is 0. The Bertz CT molecular complexity index is 532. The lowest BCUT2D eigenvalue weighted by Gasteiger charge is -2.37.